The standard InChI is InChI=1S/C24H21BrN2O4/c25-16-5-3-6-19(15-16)31-21-8-2-1-7-20(21)23(28)26-17-10-12-18(13-11-17)27-24(29)22-9-4-14-30-22/h1-3,5-8,10-13,15,22H,4,9,14H2,(H,26,28)(H,27,29). The van der Waals surface area contributed by atoms with Gasteiger partial charge in [0.1, 0.15) is 17.6 Å². The third-order valence-corrected chi connectivity index (χ3v) is 5.28. The van der Waals surface area contributed by atoms with E-state index in [1.54, 1.807) is 42.5 Å². The average molecular weight is 481 g/mol. The van der Waals surface area contributed by atoms with E-state index < -0.39 is 0 Å². The summed E-state index contributed by atoms with van der Waals surface area (Å²) in [5, 5.41) is 5.70. The van der Waals surface area contributed by atoms with Crippen molar-refractivity contribution in [2.75, 3.05) is 17.2 Å². The number of hydrogen-bond acceptors (Lipinski definition) is 4. The van der Waals surface area contributed by atoms with Gasteiger partial charge in [-0.2, -0.15) is 0 Å². The summed E-state index contributed by atoms with van der Waals surface area (Å²) < 4.78 is 12.2. The zero-order valence-electron chi connectivity index (χ0n) is 16.6. The Kier molecular flexibility index (Phi) is 6.64. The Morgan fingerprint density at radius 3 is 2.39 bits per heavy atom. The van der Waals surface area contributed by atoms with Crippen molar-refractivity contribution in [3.8, 4) is 11.5 Å². The molecule has 2 amide bonds. The lowest BCUT2D eigenvalue weighted by atomic mass is 10.1. The predicted molar refractivity (Wildman–Crippen MR) is 123 cm³/mol. The van der Waals surface area contributed by atoms with Crippen LogP contribution in [0.4, 0.5) is 11.4 Å². The number of benzene rings is 3. The number of amides is 2. The summed E-state index contributed by atoms with van der Waals surface area (Å²) in [6, 6.07) is 21.4. The van der Waals surface area contributed by atoms with Gasteiger partial charge in [-0.25, -0.2) is 0 Å². The number of carbonyl (C=O) groups excluding carboxylic acids is 2. The van der Waals surface area contributed by atoms with E-state index in [1.165, 1.54) is 0 Å². The van der Waals surface area contributed by atoms with Gasteiger partial charge in [0.2, 0.25) is 0 Å². The Morgan fingerprint density at radius 1 is 0.935 bits per heavy atom. The Hall–Kier alpha value is -3.16. The summed E-state index contributed by atoms with van der Waals surface area (Å²) in [5.74, 6) is 0.647. The minimum atomic E-state index is -0.388. The van der Waals surface area contributed by atoms with Crippen LogP contribution >= 0.6 is 15.9 Å². The Labute approximate surface area is 188 Å². The van der Waals surface area contributed by atoms with Crippen LogP contribution in [-0.4, -0.2) is 24.5 Å². The summed E-state index contributed by atoms with van der Waals surface area (Å²) in [7, 11) is 0. The van der Waals surface area contributed by atoms with Crippen LogP contribution in [-0.2, 0) is 9.53 Å². The summed E-state index contributed by atoms with van der Waals surface area (Å²) in [6.07, 6.45) is 1.25. The third kappa shape index (κ3) is 5.51. The predicted octanol–water partition coefficient (Wildman–Crippen LogP) is 5.61. The van der Waals surface area contributed by atoms with Crippen LogP contribution in [0, 0.1) is 0 Å². The zero-order valence-corrected chi connectivity index (χ0v) is 18.2. The normalized spacial score (nSPS) is 15.3. The van der Waals surface area contributed by atoms with Crippen LogP contribution in [0.1, 0.15) is 23.2 Å². The first-order valence-corrected chi connectivity index (χ1v) is 10.7. The van der Waals surface area contributed by atoms with Crippen LogP contribution < -0.4 is 15.4 Å². The fraction of sp³-hybridized carbons (Fsp3) is 0.167. The van der Waals surface area contributed by atoms with Gasteiger partial charge in [-0.05, 0) is 67.4 Å². The Morgan fingerprint density at radius 2 is 1.68 bits per heavy atom. The quantitative estimate of drug-likeness (QED) is 0.480. The van der Waals surface area contributed by atoms with E-state index in [2.05, 4.69) is 26.6 Å². The van der Waals surface area contributed by atoms with Gasteiger partial charge >= 0.3 is 0 Å². The zero-order chi connectivity index (χ0) is 21.6. The van der Waals surface area contributed by atoms with E-state index in [0.717, 1.165) is 17.3 Å². The average Bonchev–Trinajstić information content (AvgIpc) is 3.31. The molecule has 1 unspecified atom stereocenters. The number of carbonyl (C=O) groups is 2. The van der Waals surface area contributed by atoms with E-state index in [0.29, 0.717) is 35.0 Å². The number of ether oxygens (including phenoxy) is 2. The Bertz CT molecular complexity index is 1080. The van der Waals surface area contributed by atoms with Crippen molar-refractivity contribution < 1.29 is 19.1 Å². The summed E-state index contributed by atoms with van der Waals surface area (Å²) in [6.45, 7) is 0.621. The molecule has 31 heavy (non-hydrogen) atoms. The fourth-order valence-electron chi connectivity index (χ4n) is 3.24. The van der Waals surface area contributed by atoms with Gasteiger partial charge in [0.15, 0.2) is 0 Å². The molecular formula is C24H21BrN2O4. The van der Waals surface area contributed by atoms with Gasteiger partial charge in [0.25, 0.3) is 11.8 Å². The van der Waals surface area contributed by atoms with E-state index in [1.807, 2.05) is 30.3 Å². The minimum Gasteiger partial charge on any atom is -0.456 e. The van der Waals surface area contributed by atoms with Crippen molar-refractivity contribution in [1.82, 2.24) is 0 Å². The molecule has 0 spiro atoms. The summed E-state index contributed by atoms with van der Waals surface area (Å²) >= 11 is 3.41. The molecule has 3 aromatic rings. The molecule has 1 atom stereocenters. The molecule has 6 nitrogen and oxygen atoms in total. The molecule has 1 aliphatic rings. The molecule has 0 aromatic heterocycles. The maximum Gasteiger partial charge on any atom is 0.259 e. The van der Waals surface area contributed by atoms with Crippen LogP contribution in [0.25, 0.3) is 0 Å². The molecule has 2 N–H and O–H groups in total. The molecule has 158 valence electrons. The smallest absolute Gasteiger partial charge is 0.259 e. The van der Waals surface area contributed by atoms with E-state index in [9.17, 15) is 9.59 Å². The second kappa shape index (κ2) is 9.76. The highest BCUT2D eigenvalue weighted by Gasteiger charge is 2.23. The molecule has 1 heterocycles. The van der Waals surface area contributed by atoms with Gasteiger partial charge in [-0.1, -0.05) is 34.1 Å². The first-order chi connectivity index (χ1) is 15.1. The van der Waals surface area contributed by atoms with Crippen molar-refractivity contribution in [2.45, 2.75) is 18.9 Å². The lowest BCUT2D eigenvalue weighted by molar-refractivity contribution is -0.124. The highest BCUT2D eigenvalue weighted by Crippen LogP contribution is 2.28. The lowest BCUT2D eigenvalue weighted by Gasteiger charge is -2.13. The molecular weight excluding hydrogens is 460 g/mol. The van der Waals surface area contributed by atoms with Crippen LogP contribution in [0.5, 0.6) is 11.5 Å². The summed E-state index contributed by atoms with van der Waals surface area (Å²) in [4.78, 5) is 25.0. The highest BCUT2D eigenvalue weighted by molar-refractivity contribution is 9.10. The van der Waals surface area contributed by atoms with E-state index >= 15 is 0 Å². The van der Waals surface area contributed by atoms with Gasteiger partial charge in [-0.15, -0.1) is 0 Å². The van der Waals surface area contributed by atoms with Crippen molar-refractivity contribution in [1.29, 1.82) is 0 Å². The molecule has 1 fully saturated rings. The van der Waals surface area contributed by atoms with Gasteiger partial charge in [0, 0.05) is 22.5 Å². The summed E-state index contributed by atoms with van der Waals surface area (Å²) in [5.41, 5.74) is 1.67. The van der Waals surface area contributed by atoms with Gasteiger partial charge in [-0.3, -0.25) is 9.59 Å². The lowest BCUT2D eigenvalue weighted by Crippen LogP contribution is -2.26. The van der Waals surface area contributed by atoms with Gasteiger partial charge < -0.3 is 20.1 Å². The van der Waals surface area contributed by atoms with Gasteiger partial charge in [0.05, 0.1) is 5.56 Å². The van der Waals surface area contributed by atoms with Crippen LogP contribution in [0.3, 0.4) is 0 Å². The Balaban J connectivity index is 1.42. The molecule has 0 saturated carbocycles. The monoisotopic (exact) mass is 480 g/mol. The highest BCUT2D eigenvalue weighted by atomic mass is 79.9. The third-order valence-electron chi connectivity index (χ3n) is 4.79. The number of nitrogens with one attached hydrogen (secondary N) is 2. The van der Waals surface area contributed by atoms with Crippen LogP contribution in [0.15, 0.2) is 77.3 Å². The maximum absolute atomic E-state index is 12.8. The van der Waals surface area contributed by atoms with Crippen molar-refractivity contribution in [2.24, 2.45) is 0 Å². The molecule has 4 rings (SSSR count). The number of rotatable bonds is 6. The first kappa shape index (κ1) is 21.1. The number of halogens is 1. The number of para-hydroxylation sites is 1. The van der Waals surface area contributed by atoms with Crippen molar-refractivity contribution >= 4 is 39.1 Å². The molecule has 7 heteroatoms. The molecule has 3 aromatic carbocycles. The number of hydrogen-bond donors (Lipinski definition) is 2. The fourth-order valence-corrected chi connectivity index (χ4v) is 3.62. The van der Waals surface area contributed by atoms with Crippen molar-refractivity contribution in [3.05, 3.63) is 82.8 Å². The van der Waals surface area contributed by atoms with Crippen LogP contribution in [0.2, 0.25) is 0 Å². The maximum atomic E-state index is 12.8. The minimum absolute atomic E-state index is 0.145. The SMILES string of the molecule is O=C(Nc1ccc(NC(=O)C2CCCO2)cc1)c1ccccc1Oc1cccc(Br)c1. The topological polar surface area (TPSA) is 76.7 Å². The first-order valence-electron chi connectivity index (χ1n) is 9.95. The molecule has 0 bridgehead atoms. The second-order valence-electron chi connectivity index (χ2n) is 7.08. The molecule has 0 radical (unpaired) electrons. The molecule has 1 aliphatic heterocycles. The van der Waals surface area contributed by atoms with E-state index in [4.69, 9.17) is 9.47 Å². The van der Waals surface area contributed by atoms with Crippen molar-refractivity contribution in [3.63, 3.8) is 0 Å². The second-order valence-corrected chi connectivity index (χ2v) is 7.99. The van der Waals surface area contributed by atoms with E-state index in [-0.39, 0.29) is 17.9 Å². The number of anilines is 2. The molecule has 0 aliphatic carbocycles. The largest absolute Gasteiger partial charge is 0.456 e. The molecule has 1 saturated heterocycles.